The van der Waals surface area contributed by atoms with Crippen molar-refractivity contribution < 1.29 is 32.5 Å². The molecule has 2 aromatic heterocycles. The average Bonchev–Trinajstić information content (AvgIpc) is 3.34. The lowest BCUT2D eigenvalue weighted by Gasteiger charge is -2.30. The van der Waals surface area contributed by atoms with Gasteiger partial charge >= 0.3 is 0 Å². The molecule has 1 saturated heterocycles. The van der Waals surface area contributed by atoms with Crippen LogP contribution in [0.5, 0.6) is 17.4 Å². The molecule has 0 radical (unpaired) electrons. The van der Waals surface area contributed by atoms with Crippen molar-refractivity contribution in [1.82, 2.24) is 19.7 Å². The predicted octanol–water partition coefficient (Wildman–Crippen LogP) is 2.45. The maximum Gasteiger partial charge on any atom is 0.213 e. The number of methoxy groups -OCH3 is 3. The van der Waals surface area contributed by atoms with E-state index in [1.165, 1.54) is 28.3 Å². The van der Waals surface area contributed by atoms with Gasteiger partial charge in [0, 0.05) is 19.3 Å². The average molecular weight is 533 g/mol. The predicted molar refractivity (Wildman–Crippen MR) is 136 cm³/mol. The molecule has 0 saturated carbocycles. The van der Waals surface area contributed by atoms with Gasteiger partial charge in [-0.1, -0.05) is 12.1 Å². The largest absolute Gasteiger partial charge is 0.494 e. The van der Waals surface area contributed by atoms with Gasteiger partial charge in [0.15, 0.2) is 21.5 Å². The van der Waals surface area contributed by atoms with Gasteiger partial charge in [0.05, 0.1) is 32.7 Å². The Balaban J connectivity index is 1.81. The molecule has 1 fully saturated rings. The highest BCUT2D eigenvalue weighted by Gasteiger charge is 2.36. The van der Waals surface area contributed by atoms with E-state index in [9.17, 15) is 13.5 Å². The summed E-state index contributed by atoms with van der Waals surface area (Å²) in [6, 6.07) is 10.4. The fourth-order valence-electron chi connectivity index (χ4n) is 4.48. The summed E-state index contributed by atoms with van der Waals surface area (Å²) >= 11 is 0. The minimum atomic E-state index is -3.85. The molecular formula is C25H32N4O7S. The molecule has 0 unspecified atom stereocenters. The van der Waals surface area contributed by atoms with Crippen LogP contribution in [0.1, 0.15) is 25.6 Å². The zero-order valence-electron chi connectivity index (χ0n) is 21.3. The minimum Gasteiger partial charge on any atom is -0.494 e. The number of aliphatic hydroxyl groups is 1. The third kappa shape index (κ3) is 5.55. The van der Waals surface area contributed by atoms with Gasteiger partial charge < -0.3 is 24.1 Å². The third-order valence-electron chi connectivity index (χ3n) is 6.64. The first kappa shape index (κ1) is 26.8. The van der Waals surface area contributed by atoms with E-state index in [0.29, 0.717) is 54.8 Å². The Kier molecular flexibility index (Phi) is 8.30. The Labute approximate surface area is 216 Å². The van der Waals surface area contributed by atoms with Crippen molar-refractivity contribution in [3.63, 3.8) is 0 Å². The van der Waals surface area contributed by atoms with Gasteiger partial charge in [-0.05, 0) is 43.9 Å². The van der Waals surface area contributed by atoms with Crippen molar-refractivity contribution in [1.29, 1.82) is 0 Å². The van der Waals surface area contributed by atoms with E-state index in [2.05, 4.69) is 15.2 Å². The van der Waals surface area contributed by atoms with Crippen molar-refractivity contribution in [2.75, 3.05) is 34.5 Å². The van der Waals surface area contributed by atoms with Crippen LogP contribution in [-0.2, 0) is 20.3 Å². The zero-order valence-corrected chi connectivity index (χ0v) is 22.1. The van der Waals surface area contributed by atoms with Crippen molar-refractivity contribution in [2.24, 2.45) is 5.92 Å². The van der Waals surface area contributed by atoms with E-state index in [1.54, 1.807) is 41.0 Å². The number of hydrogen-bond donors (Lipinski definition) is 1. The number of benzene rings is 1. The first-order valence-corrected chi connectivity index (χ1v) is 13.7. The van der Waals surface area contributed by atoms with Gasteiger partial charge in [-0.2, -0.15) is 0 Å². The number of aromatic nitrogens is 4. The van der Waals surface area contributed by atoms with E-state index < -0.39 is 26.9 Å². The van der Waals surface area contributed by atoms with Crippen molar-refractivity contribution in [3.8, 4) is 34.6 Å². The molecule has 0 aliphatic carbocycles. The number of pyridine rings is 1. The van der Waals surface area contributed by atoms with Gasteiger partial charge in [0.25, 0.3) is 0 Å². The Morgan fingerprint density at radius 3 is 2.30 bits per heavy atom. The summed E-state index contributed by atoms with van der Waals surface area (Å²) in [5, 5.41) is 18.5. The first-order chi connectivity index (χ1) is 17.8. The van der Waals surface area contributed by atoms with E-state index in [-0.39, 0.29) is 17.6 Å². The minimum absolute atomic E-state index is 0.133. The molecule has 0 spiro atoms. The molecule has 1 N–H and O–H groups in total. The van der Waals surface area contributed by atoms with Crippen molar-refractivity contribution >= 4 is 9.84 Å². The standard InChI is InChI=1S/C25H32N4O7S/c1-16(24(30)17-11-13-36-14-12-17)37(31,32)15-21-27-28-25(18-7-5-10-22(26-18)35-4)29(21)23-19(33-2)8-6-9-20(23)34-3/h5-10,16-17,24,30H,11-15H2,1-4H3/t16-,24-/m1/s1. The number of rotatable bonds is 10. The number of hydrogen-bond acceptors (Lipinski definition) is 10. The Morgan fingerprint density at radius 1 is 1.03 bits per heavy atom. The monoisotopic (exact) mass is 532 g/mol. The number of aliphatic hydroxyl groups excluding tert-OH is 1. The molecule has 1 aliphatic rings. The molecule has 0 amide bonds. The Hall–Kier alpha value is -3.22. The van der Waals surface area contributed by atoms with Crippen LogP contribution in [0.2, 0.25) is 0 Å². The quantitative estimate of drug-likeness (QED) is 0.415. The number of ether oxygens (including phenoxy) is 4. The fourth-order valence-corrected chi connectivity index (χ4v) is 5.94. The Bertz CT molecular complexity index is 1300. The molecular weight excluding hydrogens is 500 g/mol. The summed E-state index contributed by atoms with van der Waals surface area (Å²) in [7, 11) is 0.667. The van der Waals surface area contributed by atoms with Gasteiger partial charge in [-0.25, -0.2) is 13.4 Å². The SMILES string of the molecule is COc1cccc(-c2nnc(CS(=O)(=O)[C@H](C)[C@@H](O)C3CCOCC3)n2-c2c(OC)cccc2OC)n1. The lowest BCUT2D eigenvalue weighted by Crippen LogP contribution is -2.40. The normalized spacial score (nSPS) is 16.2. The summed E-state index contributed by atoms with van der Waals surface area (Å²) in [5.74, 6) is 1.02. The smallest absolute Gasteiger partial charge is 0.213 e. The molecule has 3 aromatic rings. The molecule has 12 heteroatoms. The third-order valence-corrected chi connectivity index (χ3v) is 8.72. The first-order valence-electron chi connectivity index (χ1n) is 11.9. The van der Waals surface area contributed by atoms with Crippen LogP contribution in [-0.4, -0.2) is 79.2 Å². The highest BCUT2D eigenvalue weighted by molar-refractivity contribution is 7.91. The summed E-state index contributed by atoms with van der Waals surface area (Å²) in [6.07, 6.45) is 0.202. The van der Waals surface area contributed by atoms with Gasteiger partial charge in [-0.15, -0.1) is 10.2 Å². The van der Waals surface area contributed by atoms with E-state index >= 15 is 0 Å². The van der Waals surface area contributed by atoms with Crippen LogP contribution in [0.3, 0.4) is 0 Å². The summed E-state index contributed by atoms with van der Waals surface area (Å²) in [4.78, 5) is 4.46. The van der Waals surface area contributed by atoms with Crippen molar-refractivity contribution in [3.05, 3.63) is 42.2 Å². The van der Waals surface area contributed by atoms with Crippen LogP contribution < -0.4 is 14.2 Å². The molecule has 37 heavy (non-hydrogen) atoms. The number of nitrogens with zero attached hydrogens (tertiary/aromatic N) is 4. The van der Waals surface area contributed by atoms with E-state index in [1.807, 2.05) is 0 Å². The van der Waals surface area contributed by atoms with Gasteiger partial charge in [0.2, 0.25) is 5.88 Å². The second-order valence-electron chi connectivity index (χ2n) is 8.80. The highest BCUT2D eigenvalue weighted by Crippen LogP contribution is 2.37. The molecule has 1 aliphatic heterocycles. The summed E-state index contributed by atoms with van der Waals surface area (Å²) in [5.41, 5.74) is 0.846. The second kappa shape index (κ2) is 11.4. The van der Waals surface area contributed by atoms with Crippen LogP contribution in [0.4, 0.5) is 0 Å². The van der Waals surface area contributed by atoms with Crippen LogP contribution >= 0.6 is 0 Å². The molecule has 3 heterocycles. The lowest BCUT2D eigenvalue weighted by atomic mass is 9.92. The number of para-hydroxylation sites is 1. The summed E-state index contributed by atoms with van der Waals surface area (Å²) < 4.78 is 50.5. The topological polar surface area (TPSA) is 135 Å². The molecule has 4 rings (SSSR count). The van der Waals surface area contributed by atoms with Crippen LogP contribution in [0.25, 0.3) is 17.2 Å². The molecule has 200 valence electrons. The van der Waals surface area contributed by atoms with Crippen LogP contribution in [0, 0.1) is 5.92 Å². The second-order valence-corrected chi connectivity index (χ2v) is 11.2. The van der Waals surface area contributed by atoms with Crippen LogP contribution in [0.15, 0.2) is 36.4 Å². The molecule has 2 atom stereocenters. The molecule has 0 bridgehead atoms. The van der Waals surface area contributed by atoms with Gasteiger partial charge in [-0.3, -0.25) is 4.57 Å². The van der Waals surface area contributed by atoms with E-state index in [4.69, 9.17) is 18.9 Å². The molecule has 1 aromatic carbocycles. The summed E-state index contributed by atoms with van der Waals surface area (Å²) in [6.45, 7) is 2.55. The van der Waals surface area contributed by atoms with Crippen molar-refractivity contribution in [2.45, 2.75) is 36.9 Å². The van der Waals surface area contributed by atoms with E-state index in [0.717, 1.165) is 0 Å². The Morgan fingerprint density at radius 2 is 1.68 bits per heavy atom. The number of sulfone groups is 1. The maximum absolute atomic E-state index is 13.6. The maximum atomic E-state index is 13.6. The molecule has 11 nitrogen and oxygen atoms in total. The zero-order chi connectivity index (χ0) is 26.6. The lowest BCUT2D eigenvalue weighted by molar-refractivity contribution is 0.00813. The fraction of sp³-hybridized carbons (Fsp3) is 0.480. The highest BCUT2D eigenvalue weighted by atomic mass is 32.2. The van der Waals surface area contributed by atoms with Gasteiger partial charge in [0.1, 0.15) is 28.6 Å².